The monoisotopic (exact) mass is 360 g/mol. The average Bonchev–Trinajstić information content (AvgIpc) is 2.61. The lowest BCUT2D eigenvalue weighted by molar-refractivity contribution is -0.154. The summed E-state index contributed by atoms with van der Waals surface area (Å²) in [5, 5.41) is 0. The number of methoxy groups -OCH3 is 1. The molecule has 0 aliphatic rings. The number of ether oxygens (including phenoxy) is 3. The van der Waals surface area contributed by atoms with E-state index in [-0.39, 0.29) is 19.1 Å². The van der Waals surface area contributed by atoms with Gasteiger partial charge in [0, 0.05) is 21.2 Å². The number of esters is 1. The van der Waals surface area contributed by atoms with Gasteiger partial charge in [0.05, 0.1) is 13.2 Å². The molecule has 0 N–H and O–H groups in total. The third-order valence-electron chi connectivity index (χ3n) is 4.00. The largest absolute Gasteiger partial charge is 0.464 e. The predicted octanol–water partition coefficient (Wildman–Crippen LogP) is 1.67. The van der Waals surface area contributed by atoms with E-state index in [1.165, 1.54) is 31.0 Å². The summed E-state index contributed by atoms with van der Waals surface area (Å²) in [5.74, 6) is -0.825. The molecule has 0 aromatic rings. The lowest BCUT2D eigenvalue weighted by atomic mass is 10.2. The lowest BCUT2D eigenvalue weighted by Crippen LogP contribution is -2.51. The highest BCUT2D eigenvalue weighted by molar-refractivity contribution is 5.89. The fraction of sp³-hybridized carbons (Fsp3) is 0.824. The highest BCUT2D eigenvalue weighted by atomic mass is 16.6. The summed E-state index contributed by atoms with van der Waals surface area (Å²) < 4.78 is 15.0. The minimum absolute atomic E-state index is 0.108. The summed E-state index contributed by atoms with van der Waals surface area (Å²) in [6.07, 6.45) is 2.21. The molecule has 0 rings (SSSR count). The second-order valence-electron chi connectivity index (χ2n) is 5.89. The van der Waals surface area contributed by atoms with Gasteiger partial charge in [-0.05, 0) is 20.3 Å². The van der Waals surface area contributed by atoms with Gasteiger partial charge in [-0.3, -0.25) is 9.69 Å². The van der Waals surface area contributed by atoms with Crippen molar-refractivity contribution in [2.24, 2.45) is 0 Å². The molecule has 8 heteroatoms. The number of carbonyl (C=O) groups excluding carboxylic acids is 3. The van der Waals surface area contributed by atoms with E-state index in [2.05, 4.69) is 6.92 Å². The van der Waals surface area contributed by atoms with E-state index in [0.717, 1.165) is 19.3 Å². The van der Waals surface area contributed by atoms with Crippen LogP contribution in [-0.4, -0.2) is 80.9 Å². The fourth-order valence-corrected chi connectivity index (χ4v) is 1.93. The number of nitrogens with zero attached hydrogens (tertiary/aromatic N) is 2. The van der Waals surface area contributed by atoms with Gasteiger partial charge in [0.25, 0.3) is 0 Å². The van der Waals surface area contributed by atoms with Crippen LogP contribution in [0.3, 0.4) is 0 Å². The van der Waals surface area contributed by atoms with Crippen LogP contribution in [0.2, 0.25) is 0 Å². The van der Waals surface area contributed by atoms with Crippen molar-refractivity contribution in [3.05, 3.63) is 0 Å². The van der Waals surface area contributed by atoms with E-state index in [1.54, 1.807) is 13.8 Å². The molecular weight excluding hydrogens is 328 g/mol. The Kier molecular flexibility index (Phi) is 11.6. The van der Waals surface area contributed by atoms with E-state index in [4.69, 9.17) is 14.2 Å². The Morgan fingerprint density at radius 2 is 1.52 bits per heavy atom. The van der Waals surface area contributed by atoms with Gasteiger partial charge in [-0.1, -0.05) is 19.8 Å². The van der Waals surface area contributed by atoms with Crippen molar-refractivity contribution in [2.75, 3.05) is 41.0 Å². The smallest absolute Gasteiger partial charge is 0.410 e. The van der Waals surface area contributed by atoms with Crippen LogP contribution in [0.1, 0.15) is 40.0 Å². The van der Waals surface area contributed by atoms with Crippen LogP contribution in [0.5, 0.6) is 0 Å². The first-order chi connectivity index (χ1) is 11.8. The third-order valence-corrected chi connectivity index (χ3v) is 4.00. The van der Waals surface area contributed by atoms with E-state index in [9.17, 15) is 14.4 Å². The molecule has 0 spiro atoms. The Morgan fingerprint density at radius 1 is 0.880 bits per heavy atom. The maximum Gasteiger partial charge on any atom is 0.410 e. The molecule has 8 nitrogen and oxygen atoms in total. The Morgan fingerprint density at radius 3 is 2.08 bits per heavy atom. The summed E-state index contributed by atoms with van der Waals surface area (Å²) in [4.78, 5) is 38.9. The summed E-state index contributed by atoms with van der Waals surface area (Å²) in [6.45, 7) is 5.98. The van der Waals surface area contributed by atoms with Crippen LogP contribution >= 0.6 is 0 Å². The summed E-state index contributed by atoms with van der Waals surface area (Å²) >= 11 is 0. The first kappa shape index (κ1) is 23.2. The highest BCUT2D eigenvalue weighted by Crippen LogP contribution is 2.08. The number of rotatable bonds is 11. The number of likely N-dealkylation sites (N-methyl/N-ethyl adjacent to an activating group) is 2. The Bertz CT molecular complexity index is 429. The molecule has 2 unspecified atom stereocenters. The molecule has 2 atom stereocenters. The molecule has 0 saturated carbocycles. The molecule has 0 radical (unpaired) electrons. The van der Waals surface area contributed by atoms with Crippen LogP contribution in [0.25, 0.3) is 0 Å². The van der Waals surface area contributed by atoms with E-state index in [0.29, 0.717) is 6.61 Å². The van der Waals surface area contributed by atoms with Gasteiger partial charge in [0.2, 0.25) is 5.91 Å². The van der Waals surface area contributed by atoms with Gasteiger partial charge in [-0.2, -0.15) is 0 Å². The zero-order chi connectivity index (χ0) is 19.4. The summed E-state index contributed by atoms with van der Waals surface area (Å²) in [5.41, 5.74) is 0. The standard InChI is InChI=1S/C17H32N2O6/c1-7-8-9-10-24-16(21)14(3)18(4)15(20)13(2)19(5)17(22)25-12-11-23-6/h13-14H,7-12H2,1-6H3. The minimum atomic E-state index is -0.768. The topological polar surface area (TPSA) is 85.4 Å². The fourth-order valence-electron chi connectivity index (χ4n) is 1.93. The number of hydrogen-bond donors (Lipinski definition) is 0. The van der Waals surface area contributed by atoms with Crippen molar-refractivity contribution >= 4 is 18.0 Å². The van der Waals surface area contributed by atoms with Gasteiger partial charge in [0.1, 0.15) is 18.7 Å². The molecule has 0 bridgehead atoms. The van der Waals surface area contributed by atoms with E-state index >= 15 is 0 Å². The number of unbranched alkanes of at least 4 members (excludes halogenated alkanes) is 2. The van der Waals surface area contributed by atoms with Gasteiger partial charge < -0.3 is 19.1 Å². The zero-order valence-electron chi connectivity index (χ0n) is 16.2. The molecule has 146 valence electrons. The lowest BCUT2D eigenvalue weighted by Gasteiger charge is -2.30. The predicted molar refractivity (Wildman–Crippen MR) is 93.2 cm³/mol. The van der Waals surface area contributed by atoms with Crippen molar-refractivity contribution < 1.29 is 28.6 Å². The summed E-state index contributed by atoms with van der Waals surface area (Å²) in [7, 11) is 4.49. The second kappa shape index (κ2) is 12.5. The normalized spacial score (nSPS) is 12.9. The first-order valence-corrected chi connectivity index (χ1v) is 8.59. The van der Waals surface area contributed by atoms with Crippen LogP contribution in [0.4, 0.5) is 4.79 Å². The van der Waals surface area contributed by atoms with Gasteiger partial charge >= 0.3 is 12.1 Å². The van der Waals surface area contributed by atoms with Crippen molar-refractivity contribution in [3.63, 3.8) is 0 Å². The Hall–Kier alpha value is -1.83. The van der Waals surface area contributed by atoms with Crippen LogP contribution in [0.15, 0.2) is 0 Å². The Labute approximate surface area is 150 Å². The third kappa shape index (κ3) is 8.20. The molecule has 0 aromatic carbocycles. The van der Waals surface area contributed by atoms with Gasteiger partial charge in [-0.25, -0.2) is 9.59 Å². The summed E-state index contributed by atoms with van der Waals surface area (Å²) in [6, 6.07) is -1.50. The molecule has 0 aliphatic heterocycles. The minimum Gasteiger partial charge on any atom is -0.464 e. The highest BCUT2D eigenvalue weighted by Gasteiger charge is 2.31. The van der Waals surface area contributed by atoms with Crippen molar-refractivity contribution in [2.45, 2.75) is 52.1 Å². The maximum atomic E-state index is 12.5. The molecule has 2 amide bonds. The SMILES string of the molecule is CCCCCOC(=O)C(C)N(C)C(=O)C(C)N(C)C(=O)OCCOC. The van der Waals surface area contributed by atoms with Crippen molar-refractivity contribution in [3.8, 4) is 0 Å². The van der Waals surface area contributed by atoms with E-state index in [1.807, 2.05) is 0 Å². The quantitative estimate of drug-likeness (QED) is 0.412. The molecule has 0 fully saturated rings. The molecule has 0 heterocycles. The molecule has 0 aromatic heterocycles. The van der Waals surface area contributed by atoms with Crippen LogP contribution < -0.4 is 0 Å². The van der Waals surface area contributed by atoms with Crippen LogP contribution in [-0.2, 0) is 23.8 Å². The van der Waals surface area contributed by atoms with E-state index < -0.39 is 24.1 Å². The average molecular weight is 360 g/mol. The molecule has 25 heavy (non-hydrogen) atoms. The molecule has 0 saturated heterocycles. The second-order valence-corrected chi connectivity index (χ2v) is 5.89. The van der Waals surface area contributed by atoms with Gasteiger partial charge in [-0.15, -0.1) is 0 Å². The first-order valence-electron chi connectivity index (χ1n) is 8.59. The van der Waals surface area contributed by atoms with Crippen molar-refractivity contribution in [1.82, 2.24) is 9.80 Å². The van der Waals surface area contributed by atoms with Crippen molar-refractivity contribution in [1.29, 1.82) is 0 Å². The van der Waals surface area contributed by atoms with Crippen LogP contribution in [0, 0.1) is 0 Å². The molecule has 0 aliphatic carbocycles. The number of hydrogen-bond acceptors (Lipinski definition) is 6. The van der Waals surface area contributed by atoms with Gasteiger partial charge in [0.15, 0.2) is 0 Å². The zero-order valence-corrected chi connectivity index (χ0v) is 16.2. The maximum absolute atomic E-state index is 12.5. The number of amides is 2. The number of carbonyl (C=O) groups is 3. The molecular formula is C17H32N2O6. The Balaban J connectivity index is 4.52.